The van der Waals surface area contributed by atoms with Gasteiger partial charge in [0.2, 0.25) is 0 Å². The lowest BCUT2D eigenvalue weighted by Crippen LogP contribution is -2.34. The van der Waals surface area contributed by atoms with Gasteiger partial charge in [-0.25, -0.2) is 14.5 Å². The van der Waals surface area contributed by atoms with Crippen LogP contribution in [0.4, 0.5) is 0 Å². The third-order valence-electron chi connectivity index (χ3n) is 5.76. The Kier molecular flexibility index (Phi) is 5.17. The van der Waals surface area contributed by atoms with Crippen molar-refractivity contribution in [1.29, 1.82) is 0 Å². The van der Waals surface area contributed by atoms with Crippen LogP contribution in [-0.4, -0.2) is 42.1 Å². The Morgan fingerprint density at radius 2 is 1.97 bits per heavy atom. The molecule has 8 heteroatoms. The third-order valence-corrected chi connectivity index (χ3v) is 5.76. The summed E-state index contributed by atoms with van der Waals surface area (Å²) in [6.07, 6.45) is 4.26. The summed E-state index contributed by atoms with van der Waals surface area (Å²) in [5, 5.41) is 14.2. The summed E-state index contributed by atoms with van der Waals surface area (Å²) in [7, 11) is 1.95. The molecule has 0 spiro atoms. The number of fused-ring (bicyclic) bond motifs is 1. The molecule has 0 bridgehead atoms. The van der Waals surface area contributed by atoms with Crippen molar-refractivity contribution in [3.63, 3.8) is 0 Å². The Morgan fingerprint density at radius 3 is 2.73 bits per heavy atom. The summed E-state index contributed by atoms with van der Waals surface area (Å²) >= 11 is 0. The van der Waals surface area contributed by atoms with Gasteiger partial charge in [0.05, 0.1) is 47.1 Å². The van der Waals surface area contributed by atoms with Crippen molar-refractivity contribution in [3.05, 3.63) is 60.6 Å². The molecule has 1 aliphatic rings. The van der Waals surface area contributed by atoms with Gasteiger partial charge >= 0.3 is 5.97 Å². The quantitative estimate of drug-likeness (QED) is 0.433. The summed E-state index contributed by atoms with van der Waals surface area (Å²) in [4.78, 5) is 15.9. The van der Waals surface area contributed by atoms with Crippen molar-refractivity contribution < 1.29 is 19.4 Å². The van der Waals surface area contributed by atoms with E-state index < -0.39 is 11.6 Å². The van der Waals surface area contributed by atoms with Gasteiger partial charge in [-0.15, -0.1) is 0 Å². The van der Waals surface area contributed by atoms with Crippen molar-refractivity contribution in [3.8, 4) is 22.7 Å². The first kappa shape index (κ1) is 21.2. The van der Waals surface area contributed by atoms with Gasteiger partial charge in [0.25, 0.3) is 0 Å². The zero-order chi connectivity index (χ0) is 23.2. The van der Waals surface area contributed by atoms with Crippen LogP contribution in [-0.2, 0) is 23.2 Å². The molecule has 0 saturated heterocycles. The Labute approximate surface area is 191 Å². The number of imidazole rings is 1. The normalized spacial score (nSPS) is 14.0. The fraction of sp³-hybridized carbons (Fsp3) is 0.320. The highest BCUT2D eigenvalue weighted by Crippen LogP contribution is 2.32. The maximum absolute atomic E-state index is 11.5. The van der Waals surface area contributed by atoms with Gasteiger partial charge in [-0.1, -0.05) is 18.2 Å². The molecule has 1 aliphatic carbocycles. The zero-order valence-corrected chi connectivity index (χ0v) is 18.9. The van der Waals surface area contributed by atoms with Crippen molar-refractivity contribution >= 4 is 17.0 Å². The van der Waals surface area contributed by atoms with Gasteiger partial charge in [-0.3, -0.25) is 0 Å². The van der Waals surface area contributed by atoms with Gasteiger partial charge in [0.1, 0.15) is 5.75 Å². The number of hydrogen-bond donors (Lipinski definition) is 1. The maximum Gasteiger partial charge on any atom is 0.335 e. The first-order chi connectivity index (χ1) is 15.8. The lowest BCUT2D eigenvalue weighted by atomic mass is 10.1. The van der Waals surface area contributed by atoms with Crippen molar-refractivity contribution in [2.24, 2.45) is 7.05 Å². The van der Waals surface area contributed by atoms with Crippen LogP contribution in [0.25, 0.3) is 28.0 Å². The van der Waals surface area contributed by atoms with Crippen LogP contribution in [0.3, 0.4) is 0 Å². The standard InChI is InChI=1S/C25H26N4O4/c1-25(2,24(30)31)32-14-17-13-22(16-6-4-7-19(12-16)33-18-10-11-18)29(27-17)21-9-5-8-20-23(21)28(3)15-26-20/h4-9,12-13,15,18H,10-11,14H2,1-3H3,(H,30,31). The van der Waals surface area contributed by atoms with Crippen LogP contribution in [0, 0.1) is 0 Å². The summed E-state index contributed by atoms with van der Waals surface area (Å²) in [6, 6.07) is 15.8. The molecular formula is C25H26N4O4. The summed E-state index contributed by atoms with van der Waals surface area (Å²) in [5.74, 6) is -0.196. The summed E-state index contributed by atoms with van der Waals surface area (Å²) < 4.78 is 15.5. The molecule has 33 heavy (non-hydrogen) atoms. The second-order valence-electron chi connectivity index (χ2n) is 8.88. The molecule has 2 aromatic heterocycles. The van der Waals surface area contributed by atoms with Gasteiger partial charge in [0.15, 0.2) is 5.60 Å². The van der Waals surface area contributed by atoms with Crippen LogP contribution in [0.15, 0.2) is 54.9 Å². The van der Waals surface area contributed by atoms with E-state index in [4.69, 9.17) is 14.6 Å². The minimum atomic E-state index is -1.32. The van der Waals surface area contributed by atoms with Gasteiger partial charge < -0.3 is 19.1 Å². The molecule has 0 radical (unpaired) electrons. The highest BCUT2D eigenvalue weighted by Gasteiger charge is 2.29. The number of nitrogens with zero attached hydrogens (tertiary/aromatic N) is 4. The number of hydrogen-bond acceptors (Lipinski definition) is 5. The van der Waals surface area contributed by atoms with Gasteiger partial charge in [-0.2, -0.15) is 5.10 Å². The zero-order valence-electron chi connectivity index (χ0n) is 18.9. The molecule has 2 heterocycles. The Balaban J connectivity index is 1.60. The van der Waals surface area contributed by atoms with E-state index in [1.807, 2.05) is 64.8 Å². The van der Waals surface area contributed by atoms with Crippen molar-refractivity contribution in [1.82, 2.24) is 19.3 Å². The molecule has 0 atom stereocenters. The van der Waals surface area contributed by atoms with E-state index in [0.717, 1.165) is 46.6 Å². The number of rotatable bonds is 8. The minimum Gasteiger partial charge on any atom is -0.490 e. The number of benzene rings is 2. The minimum absolute atomic E-state index is 0.0684. The Morgan fingerprint density at radius 1 is 1.18 bits per heavy atom. The highest BCUT2D eigenvalue weighted by atomic mass is 16.5. The lowest BCUT2D eigenvalue weighted by molar-refractivity contribution is -0.162. The molecule has 8 nitrogen and oxygen atoms in total. The number of aromatic nitrogens is 4. The first-order valence-electron chi connectivity index (χ1n) is 11.0. The SMILES string of the molecule is Cn1cnc2cccc(-n3nc(COC(C)(C)C(=O)O)cc3-c3cccc(OC4CC4)c3)c21. The number of para-hydroxylation sites is 1. The Bertz CT molecular complexity index is 1330. The molecule has 0 unspecified atom stereocenters. The van der Waals surface area contributed by atoms with Crippen LogP contribution < -0.4 is 4.74 Å². The molecule has 5 rings (SSSR count). The van der Waals surface area contributed by atoms with E-state index >= 15 is 0 Å². The smallest absolute Gasteiger partial charge is 0.335 e. The van der Waals surface area contributed by atoms with Crippen LogP contribution in [0.2, 0.25) is 0 Å². The predicted octanol–water partition coefficient (Wildman–Crippen LogP) is 4.35. The van der Waals surface area contributed by atoms with E-state index in [1.54, 1.807) is 6.33 Å². The van der Waals surface area contributed by atoms with Crippen molar-refractivity contribution in [2.45, 2.75) is 45.0 Å². The topological polar surface area (TPSA) is 91.4 Å². The molecule has 4 aromatic rings. The van der Waals surface area contributed by atoms with E-state index in [1.165, 1.54) is 13.8 Å². The van der Waals surface area contributed by atoms with Crippen LogP contribution in [0.5, 0.6) is 5.75 Å². The molecule has 0 aliphatic heterocycles. The van der Waals surface area contributed by atoms with Crippen molar-refractivity contribution in [2.75, 3.05) is 0 Å². The molecule has 1 N–H and O–H groups in total. The number of carboxylic acids is 1. The van der Waals surface area contributed by atoms with E-state index in [9.17, 15) is 9.90 Å². The number of aryl methyl sites for hydroxylation is 1. The molecule has 1 saturated carbocycles. The maximum atomic E-state index is 11.5. The molecular weight excluding hydrogens is 420 g/mol. The predicted molar refractivity (Wildman–Crippen MR) is 123 cm³/mol. The lowest BCUT2D eigenvalue weighted by Gasteiger charge is -2.19. The molecule has 0 amide bonds. The number of carbonyl (C=O) groups is 1. The average Bonchev–Trinajstić information content (AvgIpc) is 3.37. The fourth-order valence-corrected chi connectivity index (χ4v) is 3.68. The second-order valence-corrected chi connectivity index (χ2v) is 8.88. The summed E-state index contributed by atoms with van der Waals surface area (Å²) in [5.41, 5.74) is 3.81. The number of aliphatic carboxylic acids is 1. The van der Waals surface area contributed by atoms with Crippen LogP contribution >= 0.6 is 0 Å². The van der Waals surface area contributed by atoms with E-state index in [2.05, 4.69) is 4.98 Å². The number of ether oxygens (including phenoxy) is 2. The molecule has 1 fully saturated rings. The van der Waals surface area contributed by atoms with E-state index in [0.29, 0.717) is 11.8 Å². The fourth-order valence-electron chi connectivity index (χ4n) is 3.68. The van der Waals surface area contributed by atoms with Gasteiger partial charge in [0, 0.05) is 12.6 Å². The first-order valence-corrected chi connectivity index (χ1v) is 11.0. The Hall–Kier alpha value is -3.65. The number of carboxylic acid groups (broad SMARTS) is 1. The second kappa shape index (κ2) is 8.04. The summed E-state index contributed by atoms with van der Waals surface area (Å²) in [6.45, 7) is 3.13. The van der Waals surface area contributed by atoms with Gasteiger partial charge in [-0.05, 0) is 57.0 Å². The monoisotopic (exact) mass is 446 g/mol. The molecule has 170 valence electrons. The highest BCUT2D eigenvalue weighted by molar-refractivity contribution is 5.85. The van der Waals surface area contributed by atoms with E-state index in [-0.39, 0.29) is 6.61 Å². The van der Waals surface area contributed by atoms with Crippen LogP contribution in [0.1, 0.15) is 32.4 Å². The largest absolute Gasteiger partial charge is 0.490 e. The average molecular weight is 447 g/mol. The molecule has 2 aromatic carbocycles. The third kappa shape index (κ3) is 4.21.